The van der Waals surface area contributed by atoms with Gasteiger partial charge in [-0.2, -0.15) is 5.26 Å². The number of carbonyl (C=O) groups is 1. The van der Waals surface area contributed by atoms with Gasteiger partial charge in [-0.25, -0.2) is 0 Å². The zero-order chi connectivity index (χ0) is 11.8. The van der Waals surface area contributed by atoms with Crippen molar-refractivity contribution in [3.8, 4) is 6.07 Å². The molecule has 4 heteroatoms. The van der Waals surface area contributed by atoms with Gasteiger partial charge in [0.1, 0.15) is 0 Å². The Balaban J connectivity index is 4.19. The molecule has 0 aromatic carbocycles. The Morgan fingerprint density at radius 2 is 2.13 bits per heavy atom. The molecule has 0 heterocycles. The smallest absolute Gasteiger partial charge is 0.239 e. The van der Waals surface area contributed by atoms with E-state index in [0.717, 1.165) is 0 Å². The summed E-state index contributed by atoms with van der Waals surface area (Å²) in [5.74, 6) is 0.375. The van der Waals surface area contributed by atoms with E-state index in [2.05, 4.69) is 0 Å². The van der Waals surface area contributed by atoms with Crippen molar-refractivity contribution in [3.05, 3.63) is 0 Å². The van der Waals surface area contributed by atoms with Crippen LogP contribution < -0.4 is 5.73 Å². The fraction of sp³-hybridized carbons (Fsp3) is 0.818. The molecule has 0 aliphatic rings. The van der Waals surface area contributed by atoms with Crippen molar-refractivity contribution in [2.75, 3.05) is 13.1 Å². The van der Waals surface area contributed by atoms with E-state index in [9.17, 15) is 4.79 Å². The van der Waals surface area contributed by atoms with Crippen molar-refractivity contribution in [2.24, 2.45) is 11.7 Å². The van der Waals surface area contributed by atoms with E-state index in [-0.39, 0.29) is 5.91 Å². The Morgan fingerprint density at radius 3 is 2.53 bits per heavy atom. The number of nitrogens with zero attached hydrogens (tertiary/aromatic N) is 2. The third kappa shape index (κ3) is 5.38. The van der Waals surface area contributed by atoms with E-state index in [1.807, 2.05) is 26.8 Å². The molecule has 0 aromatic heterocycles. The minimum Gasteiger partial charge on any atom is -0.341 e. The fourth-order valence-corrected chi connectivity index (χ4v) is 1.45. The van der Waals surface area contributed by atoms with Crippen LogP contribution in [0.4, 0.5) is 0 Å². The lowest BCUT2D eigenvalue weighted by Crippen LogP contribution is -2.44. The molecule has 86 valence electrons. The first-order valence-electron chi connectivity index (χ1n) is 5.44. The maximum atomic E-state index is 11.8. The molecular weight excluding hydrogens is 190 g/mol. The van der Waals surface area contributed by atoms with Crippen LogP contribution in [-0.2, 0) is 4.79 Å². The molecule has 1 amide bonds. The van der Waals surface area contributed by atoms with Crippen LogP contribution >= 0.6 is 0 Å². The Hall–Kier alpha value is -1.08. The quantitative estimate of drug-likeness (QED) is 0.715. The van der Waals surface area contributed by atoms with E-state index >= 15 is 0 Å². The van der Waals surface area contributed by atoms with Gasteiger partial charge in [-0.05, 0) is 19.3 Å². The molecule has 15 heavy (non-hydrogen) atoms. The number of rotatable bonds is 6. The zero-order valence-electron chi connectivity index (χ0n) is 9.86. The molecule has 0 rings (SSSR count). The monoisotopic (exact) mass is 211 g/mol. The largest absolute Gasteiger partial charge is 0.341 e. The average molecular weight is 211 g/mol. The van der Waals surface area contributed by atoms with Crippen molar-refractivity contribution >= 4 is 5.91 Å². The molecule has 0 aromatic rings. The summed E-state index contributed by atoms with van der Waals surface area (Å²) < 4.78 is 0. The zero-order valence-corrected chi connectivity index (χ0v) is 9.86. The predicted octanol–water partition coefficient (Wildman–Crippen LogP) is 1.12. The third-order valence-corrected chi connectivity index (χ3v) is 2.23. The minimum atomic E-state index is -0.427. The van der Waals surface area contributed by atoms with Crippen LogP contribution in [0.5, 0.6) is 0 Å². The highest BCUT2D eigenvalue weighted by atomic mass is 16.2. The average Bonchev–Trinajstić information content (AvgIpc) is 2.17. The molecule has 0 unspecified atom stereocenters. The number of hydrogen-bond acceptors (Lipinski definition) is 3. The minimum absolute atomic E-state index is 0.0403. The molecule has 0 fully saturated rings. The fourth-order valence-electron chi connectivity index (χ4n) is 1.45. The van der Waals surface area contributed by atoms with Crippen LogP contribution in [0.1, 0.15) is 33.6 Å². The van der Waals surface area contributed by atoms with Crippen LogP contribution in [-0.4, -0.2) is 29.9 Å². The van der Waals surface area contributed by atoms with Crippen molar-refractivity contribution in [2.45, 2.75) is 39.7 Å². The van der Waals surface area contributed by atoms with Crippen molar-refractivity contribution in [1.29, 1.82) is 5.26 Å². The first-order valence-corrected chi connectivity index (χ1v) is 5.44. The summed E-state index contributed by atoms with van der Waals surface area (Å²) in [6.07, 6.45) is 1.07. The Morgan fingerprint density at radius 1 is 1.53 bits per heavy atom. The summed E-state index contributed by atoms with van der Waals surface area (Å²) in [5, 5.41) is 8.46. The molecule has 0 spiro atoms. The first kappa shape index (κ1) is 13.9. The van der Waals surface area contributed by atoms with Crippen LogP contribution in [0.2, 0.25) is 0 Å². The molecule has 0 aliphatic carbocycles. The van der Waals surface area contributed by atoms with Crippen molar-refractivity contribution < 1.29 is 4.79 Å². The van der Waals surface area contributed by atoms with Gasteiger partial charge in [0.25, 0.3) is 0 Å². The SMILES string of the molecule is CCN(CCC#N)C(=O)[C@@H](N)CC(C)C. The summed E-state index contributed by atoms with van der Waals surface area (Å²) in [4.78, 5) is 13.5. The summed E-state index contributed by atoms with van der Waals surface area (Å²) in [6.45, 7) is 7.08. The Bertz CT molecular complexity index is 232. The molecule has 0 saturated carbocycles. The van der Waals surface area contributed by atoms with Crippen molar-refractivity contribution in [3.63, 3.8) is 0 Å². The normalized spacial score (nSPS) is 12.3. The van der Waals surface area contributed by atoms with Gasteiger partial charge in [-0.15, -0.1) is 0 Å². The van der Waals surface area contributed by atoms with E-state index in [0.29, 0.717) is 31.8 Å². The topological polar surface area (TPSA) is 70.1 Å². The molecular formula is C11H21N3O. The second-order valence-corrected chi connectivity index (χ2v) is 4.06. The molecule has 4 nitrogen and oxygen atoms in total. The van der Waals surface area contributed by atoms with Crippen LogP contribution in [0.3, 0.4) is 0 Å². The highest BCUT2D eigenvalue weighted by Gasteiger charge is 2.20. The van der Waals surface area contributed by atoms with Crippen LogP contribution in [0, 0.1) is 17.2 Å². The number of likely N-dealkylation sites (N-methyl/N-ethyl adjacent to an activating group) is 1. The van der Waals surface area contributed by atoms with Gasteiger partial charge in [0.05, 0.1) is 18.5 Å². The molecule has 1 atom stereocenters. The van der Waals surface area contributed by atoms with Gasteiger partial charge in [-0.3, -0.25) is 4.79 Å². The molecule has 0 bridgehead atoms. The number of nitrogens with two attached hydrogens (primary N) is 1. The molecule has 2 N–H and O–H groups in total. The molecule has 0 saturated heterocycles. The predicted molar refractivity (Wildman–Crippen MR) is 59.9 cm³/mol. The van der Waals surface area contributed by atoms with Gasteiger partial charge in [0, 0.05) is 13.1 Å². The van der Waals surface area contributed by atoms with Gasteiger partial charge in [0.2, 0.25) is 5.91 Å². The Kier molecular flexibility index (Phi) is 6.72. The summed E-state index contributed by atoms with van der Waals surface area (Å²) in [7, 11) is 0. The number of nitriles is 1. The van der Waals surface area contributed by atoms with Gasteiger partial charge >= 0.3 is 0 Å². The maximum absolute atomic E-state index is 11.8. The van der Waals surface area contributed by atoms with Gasteiger partial charge in [0.15, 0.2) is 0 Å². The molecule has 0 radical (unpaired) electrons. The van der Waals surface area contributed by atoms with E-state index in [4.69, 9.17) is 11.0 Å². The number of amides is 1. The van der Waals surface area contributed by atoms with Crippen LogP contribution in [0.25, 0.3) is 0 Å². The van der Waals surface area contributed by atoms with Crippen LogP contribution in [0.15, 0.2) is 0 Å². The number of carbonyl (C=O) groups excluding carboxylic acids is 1. The van der Waals surface area contributed by atoms with E-state index in [1.165, 1.54) is 0 Å². The lowest BCUT2D eigenvalue weighted by atomic mass is 10.0. The first-order chi connectivity index (χ1) is 7.02. The lowest BCUT2D eigenvalue weighted by molar-refractivity contribution is -0.132. The highest BCUT2D eigenvalue weighted by molar-refractivity contribution is 5.81. The summed E-state index contributed by atoms with van der Waals surface area (Å²) >= 11 is 0. The van der Waals surface area contributed by atoms with Gasteiger partial charge in [-0.1, -0.05) is 13.8 Å². The second kappa shape index (κ2) is 7.24. The number of hydrogen-bond donors (Lipinski definition) is 1. The second-order valence-electron chi connectivity index (χ2n) is 4.06. The highest BCUT2D eigenvalue weighted by Crippen LogP contribution is 2.06. The lowest BCUT2D eigenvalue weighted by Gasteiger charge is -2.24. The maximum Gasteiger partial charge on any atom is 0.239 e. The summed E-state index contributed by atoms with van der Waals surface area (Å²) in [6, 6.07) is 1.61. The van der Waals surface area contributed by atoms with E-state index < -0.39 is 6.04 Å². The van der Waals surface area contributed by atoms with E-state index in [1.54, 1.807) is 4.90 Å². The summed E-state index contributed by atoms with van der Waals surface area (Å²) in [5.41, 5.74) is 5.79. The standard InChI is InChI=1S/C11H21N3O/c1-4-14(7-5-6-12)11(15)10(13)8-9(2)3/h9-10H,4-5,7-8,13H2,1-3H3/t10-/m0/s1. The molecule has 0 aliphatic heterocycles. The Labute approximate surface area is 92.0 Å². The van der Waals surface area contributed by atoms with Crippen molar-refractivity contribution in [1.82, 2.24) is 4.90 Å². The third-order valence-electron chi connectivity index (χ3n) is 2.23. The van der Waals surface area contributed by atoms with Gasteiger partial charge < -0.3 is 10.6 Å².